The van der Waals surface area contributed by atoms with E-state index in [1.807, 2.05) is 34.6 Å². The lowest BCUT2D eigenvalue weighted by Gasteiger charge is -2.35. The fourth-order valence-corrected chi connectivity index (χ4v) is 0.917. The van der Waals surface area contributed by atoms with Gasteiger partial charge in [-0.1, -0.05) is 34.6 Å². The highest BCUT2D eigenvalue weighted by atomic mass is 16.5. The first-order valence-corrected chi connectivity index (χ1v) is 7.38. The smallest absolute Gasteiger partial charge is 0.0673 e. The Bertz CT molecular complexity index is 217. The highest BCUT2D eigenvalue weighted by molar-refractivity contribution is 4.81. The third-order valence-electron chi connectivity index (χ3n) is 3.44. The van der Waals surface area contributed by atoms with E-state index in [2.05, 4.69) is 27.7 Å². The maximum atomic E-state index is 9.09. The quantitative estimate of drug-likeness (QED) is 0.780. The monoisotopic (exact) mass is 275 g/mol. The Kier molecular flexibility index (Phi) is 9.96. The summed E-state index contributed by atoms with van der Waals surface area (Å²) < 4.78 is 5.83. The highest BCUT2D eigenvalue weighted by Gasteiger charge is 2.29. The van der Waals surface area contributed by atoms with Crippen molar-refractivity contribution in [2.45, 2.75) is 73.5 Å². The van der Waals surface area contributed by atoms with Crippen molar-refractivity contribution in [2.24, 2.45) is 23.5 Å². The first kappa shape index (κ1) is 21.2. The van der Waals surface area contributed by atoms with Crippen LogP contribution in [0.15, 0.2) is 0 Å². The molecule has 0 aromatic heterocycles. The Labute approximate surface area is 120 Å². The molecule has 2 atom stereocenters. The molecule has 118 valence electrons. The zero-order valence-electron chi connectivity index (χ0n) is 14.6. The fourth-order valence-electron chi connectivity index (χ4n) is 0.917. The summed E-state index contributed by atoms with van der Waals surface area (Å²) in [6, 6.07) is 0. The van der Waals surface area contributed by atoms with E-state index in [0.717, 1.165) is 5.92 Å². The van der Waals surface area contributed by atoms with E-state index in [1.54, 1.807) is 0 Å². The van der Waals surface area contributed by atoms with E-state index in [1.165, 1.54) is 0 Å². The van der Waals surface area contributed by atoms with Crippen LogP contribution in [-0.2, 0) is 4.74 Å². The van der Waals surface area contributed by atoms with Crippen LogP contribution < -0.4 is 5.73 Å². The summed E-state index contributed by atoms with van der Waals surface area (Å²) >= 11 is 0. The zero-order chi connectivity index (χ0) is 15.9. The number of hydrogen-bond donors (Lipinski definition) is 2. The molecule has 0 radical (unpaired) electrons. The van der Waals surface area contributed by atoms with Gasteiger partial charge in [0.2, 0.25) is 0 Å². The molecular formula is C16H37NO2. The lowest BCUT2D eigenvalue weighted by Crippen LogP contribution is -2.44. The number of nitrogens with two attached hydrogens (primary N) is 1. The van der Waals surface area contributed by atoms with Crippen molar-refractivity contribution >= 4 is 0 Å². The van der Waals surface area contributed by atoms with Gasteiger partial charge in [-0.05, 0) is 39.5 Å². The third kappa shape index (κ3) is 11.4. The lowest BCUT2D eigenvalue weighted by atomic mass is 9.89. The highest BCUT2D eigenvalue weighted by Crippen LogP contribution is 2.23. The molecule has 0 aliphatic heterocycles. The zero-order valence-corrected chi connectivity index (χ0v) is 14.6. The van der Waals surface area contributed by atoms with Crippen LogP contribution in [0.1, 0.15) is 62.3 Å². The van der Waals surface area contributed by atoms with Gasteiger partial charge in [-0.2, -0.15) is 0 Å². The summed E-state index contributed by atoms with van der Waals surface area (Å²) in [6.45, 7) is 19.4. The van der Waals surface area contributed by atoms with Crippen LogP contribution in [0.2, 0.25) is 0 Å². The first-order valence-electron chi connectivity index (χ1n) is 7.38. The number of aliphatic hydroxyl groups is 1. The van der Waals surface area contributed by atoms with Gasteiger partial charge in [0.05, 0.1) is 12.2 Å². The van der Waals surface area contributed by atoms with Crippen molar-refractivity contribution < 1.29 is 9.84 Å². The topological polar surface area (TPSA) is 55.5 Å². The predicted molar refractivity (Wildman–Crippen MR) is 84.2 cm³/mol. The van der Waals surface area contributed by atoms with Crippen molar-refractivity contribution in [3.63, 3.8) is 0 Å². The first-order chi connectivity index (χ1) is 8.34. The van der Waals surface area contributed by atoms with Crippen LogP contribution in [0.5, 0.6) is 0 Å². The molecule has 0 aliphatic carbocycles. The van der Waals surface area contributed by atoms with Crippen molar-refractivity contribution in [1.29, 1.82) is 0 Å². The van der Waals surface area contributed by atoms with Crippen molar-refractivity contribution in [3.05, 3.63) is 0 Å². The Morgan fingerprint density at radius 1 is 0.947 bits per heavy atom. The second-order valence-corrected chi connectivity index (χ2v) is 7.45. The minimum absolute atomic E-state index is 0.130. The van der Waals surface area contributed by atoms with Crippen molar-refractivity contribution in [3.8, 4) is 0 Å². The Morgan fingerprint density at radius 2 is 1.32 bits per heavy atom. The average molecular weight is 275 g/mol. The standard InChI is InChI=1S/C12H27NO2.C4H10/c1-9(7-14)12(5,6)15-8-10(2)11(3,4)13;1-4(2)3/h9-10,14H,7-8,13H2,1-6H3;4H,1-3H3. The Balaban J connectivity index is 0. The molecule has 0 heterocycles. The van der Waals surface area contributed by atoms with Crippen LogP contribution in [0.25, 0.3) is 0 Å². The maximum Gasteiger partial charge on any atom is 0.0673 e. The van der Waals surface area contributed by atoms with E-state index in [0.29, 0.717) is 12.5 Å². The van der Waals surface area contributed by atoms with E-state index in [-0.39, 0.29) is 23.7 Å². The summed E-state index contributed by atoms with van der Waals surface area (Å²) in [7, 11) is 0. The van der Waals surface area contributed by atoms with Gasteiger partial charge in [0.1, 0.15) is 0 Å². The molecule has 19 heavy (non-hydrogen) atoms. The Hall–Kier alpha value is -0.120. The molecule has 0 spiro atoms. The van der Waals surface area contributed by atoms with Gasteiger partial charge in [-0.3, -0.25) is 0 Å². The van der Waals surface area contributed by atoms with Crippen LogP contribution in [0.4, 0.5) is 0 Å². The van der Waals surface area contributed by atoms with Gasteiger partial charge < -0.3 is 15.6 Å². The number of hydrogen-bond acceptors (Lipinski definition) is 3. The van der Waals surface area contributed by atoms with E-state index in [4.69, 9.17) is 15.6 Å². The second kappa shape index (κ2) is 8.93. The molecule has 0 aliphatic rings. The SMILES string of the molecule is CC(C)C.CC(COC(C)(C)C(C)CO)C(C)(C)N. The normalized spacial score (nSPS) is 15.8. The predicted octanol–water partition coefficient (Wildman–Crippen LogP) is 3.45. The molecule has 0 rings (SSSR count). The van der Waals surface area contributed by atoms with E-state index < -0.39 is 0 Å². The van der Waals surface area contributed by atoms with Gasteiger partial charge in [0, 0.05) is 18.1 Å². The van der Waals surface area contributed by atoms with Crippen LogP contribution in [0, 0.1) is 17.8 Å². The Morgan fingerprint density at radius 3 is 1.58 bits per heavy atom. The third-order valence-corrected chi connectivity index (χ3v) is 3.44. The van der Waals surface area contributed by atoms with Gasteiger partial charge >= 0.3 is 0 Å². The molecule has 0 saturated carbocycles. The summed E-state index contributed by atoms with van der Waals surface area (Å²) in [4.78, 5) is 0. The largest absolute Gasteiger partial charge is 0.396 e. The van der Waals surface area contributed by atoms with Crippen LogP contribution in [-0.4, -0.2) is 29.5 Å². The molecule has 0 amide bonds. The molecule has 3 heteroatoms. The molecule has 0 aromatic carbocycles. The van der Waals surface area contributed by atoms with E-state index in [9.17, 15) is 0 Å². The van der Waals surface area contributed by atoms with Gasteiger partial charge in [-0.15, -0.1) is 0 Å². The lowest BCUT2D eigenvalue weighted by molar-refractivity contribution is -0.0850. The number of aliphatic hydroxyl groups excluding tert-OH is 1. The molecule has 2 unspecified atom stereocenters. The molecule has 0 saturated heterocycles. The van der Waals surface area contributed by atoms with Gasteiger partial charge in [-0.25, -0.2) is 0 Å². The summed E-state index contributed by atoms with van der Waals surface area (Å²) in [5, 5.41) is 9.09. The average Bonchev–Trinajstić information content (AvgIpc) is 2.22. The van der Waals surface area contributed by atoms with Gasteiger partial charge in [0.15, 0.2) is 0 Å². The number of ether oxygens (including phenoxy) is 1. The second-order valence-electron chi connectivity index (χ2n) is 7.45. The minimum Gasteiger partial charge on any atom is -0.396 e. The van der Waals surface area contributed by atoms with Crippen molar-refractivity contribution in [2.75, 3.05) is 13.2 Å². The van der Waals surface area contributed by atoms with Crippen molar-refractivity contribution in [1.82, 2.24) is 0 Å². The summed E-state index contributed by atoms with van der Waals surface area (Å²) in [6.07, 6.45) is 0. The van der Waals surface area contributed by atoms with Gasteiger partial charge in [0.25, 0.3) is 0 Å². The maximum absolute atomic E-state index is 9.09. The molecular weight excluding hydrogens is 238 g/mol. The minimum atomic E-state index is -0.297. The van der Waals surface area contributed by atoms with E-state index >= 15 is 0 Å². The van der Waals surface area contributed by atoms with Crippen LogP contribution >= 0.6 is 0 Å². The number of rotatable bonds is 6. The summed E-state index contributed by atoms with van der Waals surface area (Å²) in [5.74, 6) is 1.26. The molecule has 0 bridgehead atoms. The fraction of sp³-hybridized carbons (Fsp3) is 1.00. The molecule has 0 fully saturated rings. The summed E-state index contributed by atoms with van der Waals surface area (Å²) in [5.41, 5.74) is 5.47. The molecule has 3 nitrogen and oxygen atoms in total. The molecule has 3 N–H and O–H groups in total. The van der Waals surface area contributed by atoms with Crippen LogP contribution in [0.3, 0.4) is 0 Å². The molecule has 0 aromatic rings.